The second kappa shape index (κ2) is 5.95. The number of rotatable bonds is 2. The lowest BCUT2D eigenvalue weighted by Gasteiger charge is -2.33. The van der Waals surface area contributed by atoms with E-state index in [0.29, 0.717) is 12.0 Å². The van der Waals surface area contributed by atoms with Gasteiger partial charge >= 0.3 is 5.00 Å². The van der Waals surface area contributed by atoms with Crippen molar-refractivity contribution in [3.8, 4) is 0 Å². The number of fused-ring (bicyclic) bond motifs is 1. The molecule has 134 valence electrons. The van der Waals surface area contributed by atoms with Crippen LogP contribution in [-0.2, 0) is 4.79 Å². The zero-order chi connectivity index (χ0) is 18.5. The monoisotopic (exact) mass is 369 g/mol. The third-order valence-electron chi connectivity index (χ3n) is 4.80. The van der Waals surface area contributed by atoms with E-state index in [9.17, 15) is 14.9 Å². The van der Waals surface area contributed by atoms with Gasteiger partial charge in [0.1, 0.15) is 0 Å². The highest BCUT2D eigenvalue weighted by Gasteiger charge is 2.39. The van der Waals surface area contributed by atoms with Crippen molar-refractivity contribution in [1.82, 2.24) is 0 Å². The zero-order valence-corrected chi connectivity index (χ0v) is 15.4. The number of ketones is 1. The molecule has 0 radical (unpaired) electrons. The first kappa shape index (κ1) is 16.8. The first-order valence-corrected chi connectivity index (χ1v) is 9.29. The Morgan fingerprint density at radius 2 is 1.88 bits per heavy atom. The lowest BCUT2D eigenvalue weighted by molar-refractivity contribution is -0.380. The van der Waals surface area contributed by atoms with Crippen molar-refractivity contribution < 1.29 is 9.72 Å². The topological polar surface area (TPSA) is 84.3 Å². The number of benzene rings is 1. The molecule has 2 aliphatic rings. The second-order valence-electron chi connectivity index (χ2n) is 7.51. The molecule has 1 aromatic heterocycles. The van der Waals surface area contributed by atoms with Gasteiger partial charge in [-0.05, 0) is 30.0 Å². The van der Waals surface area contributed by atoms with Crippen LogP contribution >= 0.6 is 11.3 Å². The van der Waals surface area contributed by atoms with E-state index in [4.69, 9.17) is 0 Å². The van der Waals surface area contributed by atoms with E-state index in [1.165, 1.54) is 6.07 Å². The molecule has 1 aliphatic carbocycles. The Hall–Kier alpha value is -2.67. The van der Waals surface area contributed by atoms with Crippen molar-refractivity contribution in [1.29, 1.82) is 0 Å². The molecular formula is C19H19N3O3S. The minimum atomic E-state index is -0.391. The third-order valence-corrected chi connectivity index (χ3v) is 5.90. The lowest BCUT2D eigenvalue weighted by atomic mass is 9.74. The van der Waals surface area contributed by atoms with Crippen LogP contribution in [0.15, 0.2) is 47.7 Å². The predicted octanol–water partition coefficient (Wildman–Crippen LogP) is 4.88. The molecule has 7 heteroatoms. The fourth-order valence-corrected chi connectivity index (χ4v) is 4.58. The number of Topliss-reactive ketones (excluding diaryl/α,β-unsaturated/α-hetero) is 1. The molecule has 1 aliphatic heterocycles. The largest absolute Gasteiger partial charge is 0.372 e. The van der Waals surface area contributed by atoms with E-state index in [0.717, 1.165) is 39.7 Å². The Labute approximate surface area is 155 Å². The van der Waals surface area contributed by atoms with Crippen molar-refractivity contribution in [2.24, 2.45) is 5.41 Å². The summed E-state index contributed by atoms with van der Waals surface area (Å²) in [6.45, 7) is 4.18. The second-order valence-corrected chi connectivity index (χ2v) is 8.61. The standard InChI is InChI=1S/C19H19N3O3S/c1-19(2)9-13-17(14(23)10-19)18(15-7-8-16(26-15)22(24)25)21-12-6-4-3-5-11(12)20-13/h3-8,18,20-21H,9-10H2,1-2H3/t18-/m0/s1. The molecule has 2 aromatic rings. The Kier molecular flexibility index (Phi) is 3.84. The molecule has 0 saturated heterocycles. The van der Waals surface area contributed by atoms with Crippen molar-refractivity contribution in [2.75, 3.05) is 10.6 Å². The summed E-state index contributed by atoms with van der Waals surface area (Å²) in [6.07, 6.45) is 1.23. The number of hydrogen-bond acceptors (Lipinski definition) is 6. The van der Waals surface area contributed by atoms with Crippen LogP contribution in [0.2, 0.25) is 0 Å². The number of nitrogens with zero attached hydrogens (tertiary/aromatic N) is 1. The third kappa shape index (κ3) is 2.88. The van der Waals surface area contributed by atoms with Crippen LogP contribution in [0.3, 0.4) is 0 Å². The Balaban J connectivity index is 1.86. The van der Waals surface area contributed by atoms with Crippen LogP contribution in [0, 0.1) is 15.5 Å². The van der Waals surface area contributed by atoms with Gasteiger partial charge in [0.25, 0.3) is 0 Å². The van der Waals surface area contributed by atoms with E-state index in [1.807, 2.05) is 24.3 Å². The van der Waals surface area contributed by atoms with E-state index >= 15 is 0 Å². The van der Waals surface area contributed by atoms with E-state index < -0.39 is 4.92 Å². The van der Waals surface area contributed by atoms with Crippen LogP contribution < -0.4 is 10.6 Å². The first-order chi connectivity index (χ1) is 12.3. The highest BCUT2D eigenvalue weighted by atomic mass is 32.1. The van der Waals surface area contributed by atoms with Crippen LogP contribution in [0.1, 0.15) is 37.6 Å². The molecule has 0 fully saturated rings. The molecule has 26 heavy (non-hydrogen) atoms. The molecule has 2 N–H and O–H groups in total. The average molecular weight is 369 g/mol. The van der Waals surface area contributed by atoms with Crippen molar-refractivity contribution in [3.63, 3.8) is 0 Å². The van der Waals surface area contributed by atoms with Gasteiger partial charge in [0.05, 0.1) is 22.3 Å². The maximum Gasteiger partial charge on any atom is 0.324 e. The Bertz CT molecular complexity index is 945. The maximum atomic E-state index is 13.0. The number of para-hydroxylation sites is 2. The van der Waals surface area contributed by atoms with Gasteiger partial charge in [-0.25, -0.2) is 0 Å². The van der Waals surface area contributed by atoms with E-state index in [-0.39, 0.29) is 22.2 Å². The molecule has 0 unspecified atom stereocenters. The smallest absolute Gasteiger partial charge is 0.324 e. The number of allylic oxidation sites excluding steroid dienone is 1. The van der Waals surface area contributed by atoms with Gasteiger partial charge < -0.3 is 10.6 Å². The fraction of sp³-hybridized carbons (Fsp3) is 0.316. The van der Waals surface area contributed by atoms with Crippen molar-refractivity contribution >= 4 is 33.5 Å². The predicted molar refractivity (Wildman–Crippen MR) is 102 cm³/mol. The van der Waals surface area contributed by atoms with Gasteiger partial charge in [-0.1, -0.05) is 37.3 Å². The quantitative estimate of drug-likeness (QED) is 0.582. The van der Waals surface area contributed by atoms with E-state index in [1.54, 1.807) is 6.07 Å². The molecule has 0 amide bonds. The number of nitrogens with one attached hydrogen (secondary N) is 2. The minimum absolute atomic E-state index is 0.0815. The maximum absolute atomic E-state index is 13.0. The normalized spacial score (nSPS) is 21.2. The van der Waals surface area contributed by atoms with Gasteiger partial charge in [-0.3, -0.25) is 14.9 Å². The summed E-state index contributed by atoms with van der Waals surface area (Å²) in [5.41, 5.74) is 3.28. The molecule has 0 spiro atoms. The summed E-state index contributed by atoms with van der Waals surface area (Å²) < 4.78 is 0. The molecule has 0 bridgehead atoms. The van der Waals surface area contributed by atoms with Crippen LogP contribution in [0.5, 0.6) is 0 Å². The fourth-order valence-electron chi connectivity index (χ4n) is 3.70. The molecule has 1 atom stereocenters. The van der Waals surface area contributed by atoms with Crippen molar-refractivity contribution in [2.45, 2.75) is 32.7 Å². The average Bonchev–Trinajstić information content (AvgIpc) is 2.98. The number of anilines is 2. The first-order valence-electron chi connectivity index (χ1n) is 8.47. The Morgan fingerprint density at radius 3 is 2.58 bits per heavy atom. The van der Waals surface area contributed by atoms with Gasteiger partial charge in [-0.2, -0.15) is 0 Å². The molecule has 4 rings (SSSR count). The van der Waals surface area contributed by atoms with Crippen LogP contribution in [0.4, 0.5) is 16.4 Å². The highest BCUT2D eigenvalue weighted by Crippen LogP contribution is 2.46. The molecular weight excluding hydrogens is 350 g/mol. The molecule has 6 nitrogen and oxygen atoms in total. The summed E-state index contributed by atoms with van der Waals surface area (Å²) in [5, 5.41) is 18.1. The van der Waals surface area contributed by atoms with Gasteiger partial charge in [0.2, 0.25) is 0 Å². The zero-order valence-electron chi connectivity index (χ0n) is 14.5. The van der Waals surface area contributed by atoms with Gasteiger partial charge in [-0.15, -0.1) is 0 Å². The van der Waals surface area contributed by atoms with Gasteiger partial charge in [0, 0.05) is 28.6 Å². The molecule has 1 aromatic carbocycles. The van der Waals surface area contributed by atoms with Gasteiger partial charge in [0.15, 0.2) is 5.78 Å². The summed E-state index contributed by atoms with van der Waals surface area (Å²) in [7, 11) is 0. The summed E-state index contributed by atoms with van der Waals surface area (Å²) >= 11 is 1.11. The number of carbonyl (C=O) groups excluding carboxylic acids is 1. The van der Waals surface area contributed by atoms with Crippen LogP contribution in [-0.4, -0.2) is 10.7 Å². The summed E-state index contributed by atoms with van der Waals surface area (Å²) in [5.74, 6) is 0.0881. The SMILES string of the molecule is CC1(C)CC(=O)C2=C(C1)Nc1ccccc1N[C@H]2c1ccc([N+](=O)[O-])s1. The summed E-state index contributed by atoms with van der Waals surface area (Å²) in [4.78, 5) is 24.5. The molecule has 2 heterocycles. The lowest BCUT2D eigenvalue weighted by Crippen LogP contribution is -2.31. The number of hydrogen-bond donors (Lipinski definition) is 2. The van der Waals surface area contributed by atoms with Crippen LogP contribution in [0.25, 0.3) is 0 Å². The number of carbonyl (C=O) groups is 1. The number of thiophene rings is 1. The van der Waals surface area contributed by atoms with E-state index in [2.05, 4.69) is 24.5 Å². The summed E-state index contributed by atoms with van der Waals surface area (Å²) in [6, 6.07) is 10.7. The minimum Gasteiger partial charge on any atom is -0.372 e. The molecule has 0 saturated carbocycles. The highest BCUT2D eigenvalue weighted by molar-refractivity contribution is 7.15. The van der Waals surface area contributed by atoms with Crippen molar-refractivity contribution in [3.05, 3.63) is 62.7 Å². The number of nitro groups is 1. The Morgan fingerprint density at radius 1 is 1.15 bits per heavy atom.